The van der Waals surface area contributed by atoms with Gasteiger partial charge >= 0.3 is 0 Å². The lowest BCUT2D eigenvalue weighted by Crippen LogP contribution is -2.24. The Morgan fingerprint density at radius 3 is 3.00 bits per heavy atom. The van der Waals surface area contributed by atoms with E-state index in [1.807, 2.05) is 17.0 Å². The second-order valence-electron chi connectivity index (χ2n) is 2.53. The summed E-state index contributed by atoms with van der Waals surface area (Å²) in [6.45, 7) is 3.50. The Hall–Kier alpha value is -1.01. The molecular formula is C10H11BrN2. The van der Waals surface area contributed by atoms with Crippen LogP contribution in [0, 0.1) is 12.3 Å². The van der Waals surface area contributed by atoms with Crippen LogP contribution in [-0.2, 0) is 0 Å². The third-order valence-corrected chi connectivity index (χ3v) is 2.32. The molecule has 0 saturated carbocycles. The van der Waals surface area contributed by atoms with E-state index in [4.69, 9.17) is 6.42 Å². The maximum absolute atomic E-state index is 5.26. The van der Waals surface area contributed by atoms with Crippen molar-refractivity contribution in [3.05, 3.63) is 22.8 Å². The smallest absolute Gasteiger partial charge is 0.143 e. The van der Waals surface area contributed by atoms with Crippen LogP contribution < -0.4 is 4.90 Å². The number of aromatic nitrogens is 1. The van der Waals surface area contributed by atoms with E-state index < -0.39 is 0 Å². The molecular weight excluding hydrogens is 228 g/mol. The van der Waals surface area contributed by atoms with E-state index >= 15 is 0 Å². The Bertz CT molecular complexity index is 317. The molecule has 3 heteroatoms. The number of nitrogens with zero attached hydrogens (tertiary/aromatic N) is 2. The van der Waals surface area contributed by atoms with Crippen molar-refractivity contribution in [1.82, 2.24) is 4.98 Å². The Morgan fingerprint density at radius 1 is 1.69 bits per heavy atom. The van der Waals surface area contributed by atoms with Gasteiger partial charge in [-0.3, -0.25) is 0 Å². The first-order valence-electron chi connectivity index (χ1n) is 4.08. The average Bonchev–Trinajstić information content (AvgIpc) is 2.16. The van der Waals surface area contributed by atoms with Crippen molar-refractivity contribution in [2.24, 2.45) is 0 Å². The van der Waals surface area contributed by atoms with Crippen molar-refractivity contribution in [3.63, 3.8) is 0 Å². The van der Waals surface area contributed by atoms with Crippen LogP contribution in [0.15, 0.2) is 22.8 Å². The van der Waals surface area contributed by atoms with Crippen molar-refractivity contribution in [1.29, 1.82) is 0 Å². The van der Waals surface area contributed by atoms with E-state index in [2.05, 4.69) is 33.8 Å². The zero-order chi connectivity index (χ0) is 9.68. The highest BCUT2D eigenvalue weighted by molar-refractivity contribution is 9.10. The van der Waals surface area contributed by atoms with Crippen molar-refractivity contribution in [3.8, 4) is 12.3 Å². The number of halogens is 1. The summed E-state index contributed by atoms with van der Waals surface area (Å²) in [6, 6.07) is 3.85. The first-order valence-corrected chi connectivity index (χ1v) is 4.87. The third kappa shape index (κ3) is 2.46. The molecule has 1 rings (SSSR count). The van der Waals surface area contributed by atoms with Gasteiger partial charge in [-0.15, -0.1) is 6.42 Å². The van der Waals surface area contributed by atoms with E-state index in [0.29, 0.717) is 6.54 Å². The van der Waals surface area contributed by atoms with Crippen LogP contribution in [0.3, 0.4) is 0 Å². The molecule has 1 aromatic rings. The quantitative estimate of drug-likeness (QED) is 0.752. The monoisotopic (exact) mass is 238 g/mol. The van der Waals surface area contributed by atoms with Gasteiger partial charge in [0.05, 0.1) is 11.0 Å². The molecule has 0 radical (unpaired) electrons. The van der Waals surface area contributed by atoms with Gasteiger partial charge in [0.2, 0.25) is 0 Å². The lowest BCUT2D eigenvalue weighted by atomic mass is 10.4. The molecule has 13 heavy (non-hydrogen) atoms. The summed E-state index contributed by atoms with van der Waals surface area (Å²) < 4.78 is 0.979. The predicted molar refractivity (Wildman–Crippen MR) is 58.7 cm³/mol. The van der Waals surface area contributed by atoms with Crippen LogP contribution in [0.5, 0.6) is 0 Å². The summed E-state index contributed by atoms with van der Waals surface area (Å²) >= 11 is 3.43. The maximum Gasteiger partial charge on any atom is 0.143 e. The minimum Gasteiger partial charge on any atom is -0.345 e. The molecule has 0 saturated heterocycles. The van der Waals surface area contributed by atoms with E-state index in [9.17, 15) is 0 Å². The molecule has 0 unspecified atom stereocenters. The SMILES string of the molecule is C#CCN(CC)c1ncccc1Br. The van der Waals surface area contributed by atoms with Gasteiger partial charge in [-0.05, 0) is 35.0 Å². The number of hydrogen-bond acceptors (Lipinski definition) is 2. The fourth-order valence-corrected chi connectivity index (χ4v) is 1.56. The summed E-state index contributed by atoms with van der Waals surface area (Å²) in [4.78, 5) is 6.28. The average molecular weight is 239 g/mol. The molecule has 0 bridgehead atoms. The second kappa shape index (κ2) is 4.88. The molecule has 0 fully saturated rings. The van der Waals surface area contributed by atoms with E-state index in [-0.39, 0.29) is 0 Å². The van der Waals surface area contributed by atoms with E-state index in [1.165, 1.54) is 0 Å². The van der Waals surface area contributed by atoms with Gasteiger partial charge in [0.1, 0.15) is 5.82 Å². The largest absolute Gasteiger partial charge is 0.345 e. The van der Waals surface area contributed by atoms with Crippen LogP contribution in [0.1, 0.15) is 6.92 Å². The molecule has 0 aliphatic heterocycles. The summed E-state index contributed by atoms with van der Waals surface area (Å²) in [5.41, 5.74) is 0. The molecule has 0 N–H and O–H groups in total. The Balaban J connectivity index is 2.92. The molecule has 0 aliphatic rings. The van der Waals surface area contributed by atoms with E-state index in [1.54, 1.807) is 6.20 Å². The summed E-state index contributed by atoms with van der Waals surface area (Å²) in [6.07, 6.45) is 7.02. The van der Waals surface area contributed by atoms with Gasteiger partial charge in [0.25, 0.3) is 0 Å². The standard InChI is InChI=1S/C10H11BrN2/c1-3-8-13(4-2)10-9(11)6-5-7-12-10/h1,5-7H,4,8H2,2H3. The molecule has 0 spiro atoms. The maximum atomic E-state index is 5.26. The predicted octanol–water partition coefficient (Wildman–Crippen LogP) is 2.30. The second-order valence-corrected chi connectivity index (χ2v) is 3.38. The highest BCUT2D eigenvalue weighted by Gasteiger charge is 2.06. The van der Waals surface area contributed by atoms with Gasteiger partial charge in [0.15, 0.2) is 0 Å². The van der Waals surface area contributed by atoms with Gasteiger partial charge in [-0.25, -0.2) is 4.98 Å². The number of rotatable bonds is 3. The Morgan fingerprint density at radius 2 is 2.46 bits per heavy atom. The first-order chi connectivity index (χ1) is 6.29. The fraction of sp³-hybridized carbons (Fsp3) is 0.300. The van der Waals surface area contributed by atoms with E-state index in [0.717, 1.165) is 16.8 Å². The minimum absolute atomic E-state index is 0.589. The van der Waals surface area contributed by atoms with Crippen LogP contribution in [0.2, 0.25) is 0 Å². The molecule has 1 heterocycles. The van der Waals surface area contributed by atoms with Crippen LogP contribution in [0.25, 0.3) is 0 Å². The molecule has 68 valence electrons. The normalized spacial score (nSPS) is 9.31. The van der Waals surface area contributed by atoms with Crippen LogP contribution >= 0.6 is 15.9 Å². The summed E-state index contributed by atoms with van der Waals surface area (Å²) in [5, 5.41) is 0. The summed E-state index contributed by atoms with van der Waals surface area (Å²) in [7, 11) is 0. The van der Waals surface area contributed by atoms with Crippen LogP contribution in [-0.4, -0.2) is 18.1 Å². The lowest BCUT2D eigenvalue weighted by molar-refractivity contribution is 0.889. The van der Waals surface area contributed by atoms with Crippen molar-refractivity contribution in [2.45, 2.75) is 6.92 Å². The molecule has 0 amide bonds. The van der Waals surface area contributed by atoms with Gasteiger partial charge in [-0.1, -0.05) is 5.92 Å². The zero-order valence-electron chi connectivity index (χ0n) is 7.50. The Kier molecular flexibility index (Phi) is 3.78. The fourth-order valence-electron chi connectivity index (χ4n) is 1.06. The lowest BCUT2D eigenvalue weighted by Gasteiger charge is -2.19. The zero-order valence-corrected chi connectivity index (χ0v) is 9.08. The molecule has 2 nitrogen and oxygen atoms in total. The number of anilines is 1. The molecule has 0 aromatic carbocycles. The summed E-state index contributed by atoms with van der Waals surface area (Å²) in [5.74, 6) is 3.52. The molecule has 1 aromatic heterocycles. The van der Waals surface area contributed by atoms with Crippen molar-refractivity contribution >= 4 is 21.7 Å². The topological polar surface area (TPSA) is 16.1 Å². The third-order valence-electron chi connectivity index (χ3n) is 1.70. The first kappa shape index (κ1) is 10.1. The van der Waals surface area contributed by atoms with Gasteiger partial charge < -0.3 is 4.90 Å². The van der Waals surface area contributed by atoms with Gasteiger partial charge in [-0.2, -0.15) is 0 Å². The molecule has 0 atom stereocenters. The highest BCUT2D eigenvalue weighted by atomic mass is 79.9. The number of terminal acetylenes is 1. The van der Waals surface area contributed by atoms with Crippen molar-refractivity contribution in [2.75, 3.05) is 18.0 Å². The number of hydrogen-bond donors (Lipinski definition) is 0. The Labute approximate surface area is 87.1 Å². The molecule has 0 aliphatic carbocycles. The number of pyridine rings is 1. The minimum atomic E-state index is 0.589. The van der Waals surface area contributed by atoms with Gasteiger partial charge in [0, 0.05) is 12.7 Å². The highest BCUT2D eigenvalue weighted by Crippen LogP contribution is 2.22. The van der Waals surface area contributed by atoms with Crippen molar-refractivity contribution < 1.29 is 0 Å². The van der Waals surface area contributed by atoms with Crippen LogP contribution in [0.4, 0.5) is 5.82 Å².